The van der Waals surface area contributed by atoms with Crippen LogP contribution in [0.2, 0.25) is 0 Å². The number of carbonyl (C=O) groups excluding carboxylic acids is 1. The van der Waals surface area contributed by atoms with E-state index in [1.54, 1.807) is 11.2 Å². The fourth-order valence-corrected chi connectivity index (χ4v) is 3.91. The van der Waals surface area contributed by atoms with Crippen LogP contribution < -0.4 is 9.47 Å². The van der Waals surface area contributed by atoms with Crippen molar-refractivity contribution in [1.82, 2.24) is 9.91 Å². The van der Waals surface area contributed by atoms with E-state index in [0.717, 1.165) is 28.2 Å². The van der Waals surface area contributed by atoms with Gasteiger partial charge in [0, 0.05) is 6.54 Å². The molecule has 3 aromatic carbocycles. The summed E-state index contributed by atoms with van der Waals surface area (Å²) in [5, 5.41) is 6.18. The van der Waals surface area contributed by atoms with Gasteiger partial charge in [-0.3, -0.25) is 9.69 Å². The van der Waals surface area contributed by atoms with Crippen molar-refractivity contribution in [1.29, 1.82) is 0 Å². The quantitative estimate of drug-likeness (QED) is 0.443. The normalized spacial score (nSPS) is 16.5. The second kappa shape index (κ2) is 10.8. The highest BCUT2D eigenvalue weighted by atomic mass is 16.5. The van der Waals surface area contributed by atoms with Crippen LogP contribution in [-0.2, 0) is 11.3 Å². The molecule has 1 aliphatic heterocycles. The summed E-state index contributed by atoms with van der Waals surface area (Å²) in [6.45, 7) is 6.10. The van der Waals surface area contributed by atoms with E-state index in [1.165, 1.54) is 0 Å². The van der Waals surface area contributed by atoms with Crippen molar-refractivity contribution in [3.05, 3.63) is 95.6 Å². The van der Waals surface area contributed by atoms with Crippen LogP contribution in [-0.4, -0.2) is 41.8 Å². The van der Waals surface area contributed by atoms with Crippen molar-refractivity contribution < 1.29 is 14.3 Å². The average Bonchev–Trinajstić information content (AvgIpc) is 3.14. The van der Waals surface area contributed by atoms with Gasteiger partial charge in [0.1, 0.15) is 17.7 Å². The lowest BCUT2D eigenvalue weighted by Gasteiger charge is -2.27. The zero-order valence-corrected chi connectivity index (χ0v) is 19.1. The molecule has 0 N–H and O–H groups in total. The van der Waals surface area contributed by atoms with Crippen molar-refractivity contribution >= 4 is 12.1 Å². The van der Waals surface area contributed by atoms with Gasteiger partial charge in [-0.25, -0.2) is 5.01 Å². The highest BCUT2D eigenvalue weighted by Gasteiger charge is 2.39. The predicted octanol–water partition coefficient (Wildman–Crippen LogP) is 4.86. The number of benzene rings is 3. The Morgan fingerprint density at radius 2 is 1.48 bits per heavy atom. The van der Waals surface area contributed by atoms with Crippen molar-refractivity contribution in [3.8, 4) is 11.5 Å². The number of hydrogen-bond acceptors (Lipinski definition) is 5. The van der Waals surface area contributed by atoms with E-state index >= 15 is 0 Å². The largest absolute Gasteiger partial charge is 0.494 e. The molecule has 1 amide bonds. The zero-order valence-electron chi connectivity index (χ0n) is 19.1. The highest BCUT2D eigenvalue weighted by Crippen LogP contribution is 2.33. The van der Waals surface area contributed by atoms with Crippen molar-refractivity contribution in [2.75, 3.05) is 19.8 Å². The number of amides is 1. The lowest BCUT2D eigenvalue weighted by Crippen LogP contribution is -2.28. The molecule has 4 rings (SSSR count). The van der Waals surface area contributed by atoms with E-state index in [0.29, 0.717) is 26.3 Å². The molecule has 1 fully saturated rings. The first kappa shape index (κ1) is 22.6. The summed E-state index contributed by atoms with van der Waals surface area (Å²) in [5.41, 5.74) is 3.04. The second-order valence-corrected chi connectivity index (χ2v) is 7.75. The molecular weight excluding hydrogens is 414 g/mol. The maximum absolute atomic E-state index is 13.0. The Hall–Kier alpha value is -3.64. The Morgan fingerprint density at radius 1 is 0.879 bits per heavy atom. The SMILES string of the molecule is CCOc1ccc(/C=N\N2C(=O)CN(Cc3ccccc3)[C@H]2c2ccc(OCC)cc2)cc1. The van der Waals surface area contributed by atoms with Crippen LogP contribution in [0.15, 0.2) is 84.0 Å². The summed E-state index contributed by atoms with van der Waals surface area (Å²) in [6.07, 6.45) is 1.42. The molecule has 1 aliphatic rings. The summed E-state index contributed by atoms with van der Waals surface area (Å²) in [4.78, 5) is 15.2. The minimum absolute atomic E-state index is 0.0352. The van der Waals surface area contributed by atoms with E-state index in [2.05, 4.69) is 22.1 Å². The molecule has 0 aromatic heterocycles. The molecule has 6 nitrogen and oxygen atoms in total. The van der Waals surface area contributed by atoms with Gasteiger partial charge < -0.3 is 9.47 Å². The maximum Gasteiger partial charge on any atom is 0.258 e. The maximum atomic E-state index is 13.0. The molecule has 1 atom stereocenters. The molecule has 0 unspecified atom stereocenters. The minimum Gasteiger partial charge on any atom is -0.494 e. The number of rotatable bonds is 9. The van der Waals surface area contributed by atoms with Gasteiger partial charge in [0.05, 0.1) is 26.0 Å². The van der Waals surface area contributed by atoms with Crippen molar-refractivity contribution in [3.63, 3.8) is 0 Å². The molecule has 0 spiro atoms. The molecule has 1 heterocycles. The molecule has 170 valence electrons. The molecule has 0 bridgehead atoms. The highest BCUT2D eigenvalue weighted by molar-refractivity contribution is 5.84. The van der Waals surface area contributed by atoms with Gasteiger partial charge in [-0.15, -0.1) is 0 Å². The third-order valence-corrected chi connectivity index (χ3v) is 5.41. The van der Waals surface area contributed by atoms with Crippen LogP contribution in [0.5, 0.6) is 11.5 Å². The lowest BCUT2D eigenvalue weighted by atomic mass is 10.1. The summed E-state index contributed by atoms with van der Waals surface area (Å²) in [5.74, 6) is 1.59. The summed E-state index contributed by atoms with van der Waals surface area (Å²) in [7, 11) is 0. The second-order valence-electron chi connectivity index (χ2n) is 7.75. The smallest absolute Gasteiger partial charge is 0.258 e. The zero-order chi connectivity index (χ0) is 23.0. The molecule has 6 heteroatoms. The van der Waals surface area contributed by atoms with Gasteiger partial charge in [-0.2, -0.15) is 5.10 Å². The fourth-order valence-electron chi connectivity index (χ4n) is 3.91. The molecule has 1 saturated heterocycles. The van der Waals surface area contributed by atoms with Gasteiger partial charge in [0.15, 0.2) is 0 Å². The lowest BCUT2D eigenvalue weighted by molar-refractivity contribution is -0.128. The minimum atomic E-state index is -0.299. The van der Waals surface area contributed by atoms with Gasteiger partial charge in [0.25, 0.3) is 5.91 Å². The number of hydrazone groups is 1. The first-order valence-corrected chi connectivity index (χ1v) is 11.3. The molecule has 3 aromatic rings. The summed E-state index contributed by atoms with van der Waals surface area (Å²) >= 11 is 0. The standard InChI is InChI=1S/C27H29N3O3/c1-3-32-24-14-10-21(11-15-24)18-28-30-26(31)20-29(19-22-8-6-5-7-9-22)27(30)23-12-16-25(17-13-23)33-4-2/h5-18,27H,3-4,19-20H2,1-2H3/b28-18-/t27-/m1/s1. The third kappa shape index (κ3) is 5.59. The van der Waals surface area contributed by atoms with E-state index in [9.17, 15) is 4.79 Å². The van der Waals surface area contributed by atoms with Gasteiger partial charge in [0.2, 0.25) is 0 Å². The molecule has 0 radical (unpaired) electrons. The van der Waals surface area contributed by atoms with Crippen LogP contribution in [0.3, 0.4) is 0 Å². The van der Waals surface area contributed by atoms with Crippen LogP contribution >= 0.6 is 0 Å². The summed E-state index contributed by atoms with van der Waals surface area (Å²) in [6, 6.07) is 25.7. The van der Waals surface area contributed by atoms with Gasteiger partial charge in [-0.1, -0.05) is 42.5 Å². The Labute approximate surface area is 195 Å². The van der Waals surface area contributed by atoms with Crippen molar-refractivity contribution in [2.24, 2.45) is 5.10 Å². The average molecular weight is 444 g/mol. The van der Waals surface area contributed by atoms with Gasteiger partial charge in [-0.05, 0) is 66.9 Å². The van der Waals surface area contributed by atoms with Crippen LogP contribution in [0, 0.1) is 0 Å². The Bertz CT molecular complexity index is 1070. The predicted molar refractivity (Wildman–Crippen MR) is 129 cm³/mol. The molecule has 0 aliphatic carbocycles. The van der Waals surface area contributed by atoms with Crippen LogP contribution in [0.4, 0.5) is 0 Å². The fraction of sp³-hybridized carbons (Fsp3) is 0.259. The van der Waals surface area contributed by atoms with Gasteiger partial charge >= 0.3 is 0 Å². The van der Waals surface area contributed by atoms with Crippen molar-refractivity contribution in [2.45, 2.75) is 26.6 Å². The first-order chi connectivity index (χ1) is 16.2. The van der Waals surface area contributed by atoms with E-state index in [1.807, 2.05) is 80.6 Å². The van der Waals surface area contributed by atoms with Crippen LogP contribution in [0.25, 0.3) is 0 Å². The number of ether oxygens (including phenoxy) is 2. The molecule has 0 saturated carbocycles. The monoisotopic (exact) mass is 443 g/mol. The number of carbonyl (C=O) groups is 1. The van der Waals surface area contributed by atoms with E-state index in [-0.39, 0.29) is 12.1 Å². The number of hydrogen-bond donors (Lipinski definition) is 0. The summed E-state index contributed by atoms with van der Waals surface area (Å²) < 4.78 is 11.1. The topological polar surface area (TPSA) is 54.4 Å². The van der Waals surface area contributed by atoms with E-state index < -0.39 is 0 Å². The van der Waals surface area contributed by atoms with E-state index in [4.69, 9.17) is 9.47 Å². The third-order valence-electron chi connectivity index (χ3n) is 5.41. The molecule has 33 heavy (non-hydrogen) atoms. The van der Waals surface area contributed by atoms with Crippen LogP contribution in [0.1, 0.15) is 36.7 Å². The Morgan fingerprint density at radius 3 is 2.09 bits per heavy atom. The first-order valence-electron chi connectivity index (χ1n) is 11.3. The Balaban J connectivity index is 1.60. The Kier molecular flexibility index (Phi) is 7.37. The molecular formula is C27H29N3O3. The number of nitrogens with zero attached hydrogens (tertiary/aromatic N) is 3.